The zero-order valence-corrected chi connectivity index (χ0v) is 25.5. The van der Waals surface area contributed by atoms with E-state index in [2.05, 4.69) is 176 Å². The second-order valence-corrected chi connectivity index (χ2v) is 12.5. The van der Waals surface area contributed by atoms with Gasteiger partial charge in [0.15, 0.2) is 0 Å². The number of fused-ring (bicyclic) bond motifs is 4. The Morgan fingerprint density at radius 3 is 1.65 bits per heavy atom. The second kappa shape index (κ2) is 11.0. The average molecular weight is 585 g/mol. The molecule has 1 aliphatic rings. The topological polar surface area (TPSA) is 0 Å². The van der Waals surface area contributed by atoms with Crippen LogP contribution in [0.1, 0.15) is 23.5 Å². The lowest BCUT2D eigenvalue weighted by Crippen LogP contribution is -2.00. The molecule has 0 fully saturated rings. The Hall–Kier alpha value is -5.72. The van der Waals surface area contributed by atoms with Gasteiger partial charge in [0.05, 0.1) is 0 Å². The zero-order valence-electron chi connectivity index (χ0n) is 25.5. The van der Waals surface area contributed by atoms with Crippen LogP contribution in [0.5, 0.6) is 0 Å². The molecule has 1 atom stereocenters. The van der Waals surface area contributed by atoms with Crippen molar-refractivity contribution in [2.24, 2.45) is 0 Å². The minimum absolute atomic E-state index is 0.358. The number of benzene rings is 8. The summed E-state index contributed by atoms with van der Waals surface area (Å²) < 4.78 is 0. The van der Waals surface area contributed by atoms with E-state index in [1.807, 2.05) is 0 Å². The van der Waals surface area contributed by atoms with Gasteiger partial charge in [-0.25, -0.2) is 0 Å². The minimum atomic E-state index is 0.358. The number of hydrogen-bond acceptors (Lipinski definition) is 0. The van der Waals surface area contributed by atoms with Gasteiger partial charge in [0, 0.05) is 5.92 Å². The van der Waals surface area contributed by atoms with Gasteiger partial charge in [-0.3, -0.25) is 0 Å². The van der Waals surface area contributed by atoms with Crippen LogP contribution in [0.15, 0.2) is 176 Å². The highest BCUT2D eigenvalue weighted by atomic mass is 14.2. The molecule has 216 valence electrons. The quantitative estimate of drug-likeness (QED) is 0.181. The van der Waals surface area contributed by atoms with Gasteiger partial charge in [0.25, 0.3) is 0 Å². The molecule has 0 amide bonds. The molecule has 9 rings (SSSR count). The van der Waals surface area contributed by atoms with Crippen molar-refractivity contribution in [1.82, 2.24) is 0 Å². The van der Waals surface area contributed by atoms with Crippen molar-refractivity contribution in [3.05, 3.63) is 187 Å². The molecule has 46 heavy (non-hydrogen) atoms. The highest BCUT2D eigenvalue weighted by Gasteiger charge is 2.19. The standard InChI is InChI=1S/C46H32/c1-2-10-31(11-3-1)36-23-25-39-29-37(24-26-38(39)28-36)33-18-21-34(22-19-33)45-41-14-6-8-16-43(41)46(44-17-9-7-15-42(44)45)40-27-20-32-12-4-5-13-35(32)30-40/h1-18,20-30,33H,19H2. The van der Waals surface area contributed by atoms with E-state index >= 15 is 0 Å². The fourth-order valence-electron chi connectivity index (χ4n) is 7.45. The lowest BCUT2D eigenvalue weighted by Gasteiger charge is -2.22. The summed E-state index contributed by atoms with van der Waals surface area (Å²) >= 11 is 0. The van der Waals surface area contributed by atoms with Crippen LogP contribution in [-0.4, -0.2) is 0 Å². The van der Waals surface area contributed by atoms with Gasteiger partial charge < -0.3 is 0 Å². The molecule has 1 unspecified atom stereocenters. The van der Waals surface area contributed by atoms with Crippen molar-refractivity contribution in [2.75, 3.05) is 0 Å². The predicted molar refractivity (Wildman–Crippen MR) is 198 cm³/mol. The molecule has 8 aromatic rings. The molecular formula is C46H32. The lowest BCUT2D eigenvalue weighted by atomic mass is 9.82. The van der Waals surface area contributed by atoms with Crippen LogP contribution in [-0.2, 0) is 0 Å². The van der Waals surface area contributed by atoms with Crippen LogP contribution in [0.3, 0.4) is 0 Å². The van der Waals surface area contributed by atoms with Crippen molar-refractivity contribution in [3.63, 3.8) is 0 Å². The normalized spacial score (nSPS) is 14.7. The summed E-state index contributed by atoms with van der Waals surface area (Å²) in [4.78, 5) is 0. The monoisotopic (exact) mass is 584 g/mol. The maximum absolute atomic E-state index is 2.46. The first-order valence-electron chi connectivity index (χ1n) is 16.2. The summed E-state index contributed by atoms with van der Waals surface area (Å²) in [7, 11) is 0. The molecule has 0 heteroatoms. The predicted octanol–water partition coefficient (Wildman–Crippen LogP) is 12.8. The van der Waals surface area contributed by atoms with Crippen molar-refractivity contribution in [3.8, 4) is 22.3 Å². The Morgan fingerprint density at radius 2 is 0.935 bits per heavy atom. The summed E-state index contributed by atoms with van der Waals surface area (Å²) in [6, 6.07) is 57.8. The van der Waals surface area contributed by atoms with Gasteiger partial charge >= 0.3 is 0 Å². The van der Waals surface area contributed by atoms with E-state index in [4.69, 9.17) is 0 Å². The smallest absolute Gasteiger partial charge is 0.00563 e. The molecular weight excluding hydrogens is 553 g/mol. The Balaban J connectivity index is 1.10. The first-order chi connectivity index (χ1) is 22.8. The third-order valence-corrected chi connectivity index (χ3v) is 9.76. The first-order valence-corrected chi connectivity index (χ1v) is 16.2. The van der Waals surface area contributed by atoms with Gasteiger partial charge in [-0.2, -0.15) is 0 Å². The van der Waals surface area contributed by atoms with Gasteiger partial charge in [0.2, 0.25) is 0 Å². The lowest BCUT2D eigenvalue weighted by molar-refractivity contribution is 0.858. The van der Waals surface area contributed by atoms with E-state index in [1.165, 1.54) is 82.0 Å². The van der Waals surface area contributed by atoms with E-state index in [-0.39, 0.29) is 0 Å². The third kappa shape index (κ3) is 4.54. The molecule has 0 heterocycles. The molecule has 0 saturated carbocycles. The largest absolute Gasteiger partial charge is 0.0761 e. The fourth-order valence-corrected chi connectivity index (χ4v) is 7.45. The Kier molecular flexibility index (Phi) is 6.39. The summed E-state index contributed by atoms with van der Waals surface area (Å²) in [5.74, 6) is 0.358. The Morgan fingerprint density at radius 1 is 0.391 bits per heavy atom. The Labute approximate surface area is 269 Å². The third-order valence-electron chi connectivity index (χ3n) is 9.76. The summed E-state index contributed by atoms with van der Waals surface area (Å²) in [5.41, 5.74) is 9.10. The SMILES string of the molecule is C1=CC(c2ccc3cc(-c4ccccc4)ccc3c2)CC=C1c1c2ccccc2c(-c2ccc3ccccc3c2)c2ccccc12. The number of rotatable bonds is 4. The molecule has 0 aliphatic heterocycles. The molecule has 0 nitrogen and oxygen atoms in total. The van der Waals surface area contributed by atoms with E-state index in [0.29, 0.717) is 5.92 Å². The molecule has 8 aromatic carbocycles. The van der Waals surface area contributed by atoms with Crippen molar-refractivity contribution >= 4 is 48.7 Å². The molecule has 0 radical (unpaired) electrons. The maximum atomic E-state index is 2.46. The van der Waals surface area contributed by atoms with E-state index in [0.717, 1.165) is 6.42 Å². The molecule has 0 bridgehead atoms. The van der Waals surface area contributed by atoms with Crippen LogP contribution in [0.25, 0.3) is 70.9 Å². The van der Waals surface area contributed by atoms with Gasteiger partial charge in [-0.15, -0.1) is 0 Å². The van der Waals surface area contributed by atoms with Crippen LogP contribution in [0.2, 0.25) is 0 Å². The highest BCUT2D eigenvalue weighted by molar-refractivity contribution is 6.19. The van der Waals surface area contributed by atoms with Crippen LogP contribution >= 0.6 is 0 Å². The van der Waals surface area contributed by atoms with Crippen molar-refractivity contribution in [1.29, 1.82) is 0 Å². The van der Waals surface area contributed by atoms with E-state index < -0.39 is 0 Å². The van der Waals surface area contributed by atoms with Crippen molar-refractivity contribution < 1.29 is 0 Å². The Bertz CT molecular complexity index is 2440. The summed E-state index contributed by atoms with van der Waals surface area (Å²) in [6.45, 7) is 0. The molecule has 0 spiro atoms. The molecule has 0 aromatic heterocycles. The first kappa shape index (κ1) is 26.7. The maximum Gasteiger partial charge on any atom is 0.00563 e. The van der Waals surface area contributed by atoms with Gasteiger partial charge in [-0.05, 0) is 101 Å². The summed E-state index contributed by atoms with van der Waals surface area (Å²) in [5, 5.41) is 10.3. The second-order valence-electron chi connectivity index (χ2n) is 12.5. The fraction of sp³-hybridized carbons (Fsp3) is 0.0435. The average Bonchev–Trinajstić information content (AvgIpc) is 3.13. The van der Waals surface area contributed by atoms with Crippen LogP contribution in [0, 0.1) is 0 Å². The zero-order chi connectivity index (χ0) is 30.5. The van der Waals surface area contributed by atoms with E-state index in [1.54, 1.807) is 0 Å². The molecule has 0 N–H and O–H groups in total. The molecule has 0 saturated heterocycles. The van der Waals surface area contributed by atoms with Gasteiger partial charge in [0.1, 0.15) is 0 Å². The molecule has 1 aliphatic carbocycles. The minimum Gasteiger partial charge on any atom is -0.0761 e. The highest BCUT2D eigenvalue weighted by Crippen LogP contribution is 2.44. The van der Waals surface area contributed by atoms with Crippen molar-refractivity contribution in [2.45, 2.75) is 12.3 Å². The number of allylic oxidation sites excluding steroid dienone is 4. The number of hydrogen-bond donors (Lipinski definition) is 0. The van der Waals surface area contributed by atoms with Crippen LogP contribution in [0.4, 0.5) is 0 Å². The summed E-state index contributed by atoms with van der Waals surface area (Å²) in [6.07, 6.45) is 8.21. The van der Waals surface area contributed by atoms with E-state index in [9.17, 15) is 0 Å². The van der Waals surface area contributed by atoms with Gasteiger partial charge in [-0.1, -0.05) is 164 Å². The van der Waals surface area contributed by atoms with Crippen LogP contribution < -0.4 is 0 Å².